The molecule has 4 saturated heterocycles. The number of anilines is 2. The van der Waals surface area contributed by atoms with Gasteiger partial charge in [0.05, 0.1) is 35.3 Å². The van der Waals surface area contributed by atoms with Crippen molar-refractivity contribution in [3.63, 3.8) is 0 Å². The van der Waals surface area contributed by atoms with Crippen LogP contribution in [0.2, 0.25) is 5.02 Å². The number of rotatable bonds is 13. The Labute approximate surface area is 380 Å². The molecule has 0 radical (unpaired) electrons. The summed E-state index contributed by atoms with van der Waals surface area (Å²) in [6.45, 7) is 11.9. The summed E-state index contributed by atoms with van der Waals surface area (Å²) in [7, 11) is 1.52. The minimum atomic E-state index is -0.719. The number of hydrogen-bond acceptors (Lipinski definition) is 12. The summed E-state index contributed by atoms with van der Waals surface area (Å²) in [5.74, 6) is 2.89. The number of carbonyl (C=O) groups excluding carboxylic acids is 3. The molecule has 3 amide bonds. The molecule has 1 unspecified atom stereocenters. The lowest BCUT2D eigenvalue weighted by Gasteiger charge is -2.42. The second-order valence-electron chi connectivity index (χ2n) is 18.2. The zero-order valence-corrected chi connectivity index (χ0v) is 37.8. The van der Waals surface area contributed by atoms with E-state index in [0.29, 0.717) is 35.3 Å². The molecule has 14 nitrogen and oxygen atoms in total. The SMILES string of the molecule is COc1c(Cl)cc(C(C)(C)c2ccc(OCc3ccnc(N4CCC(CN5CCC(C6CCN(c7ccc(C(=O)NC8CCC(=O)NC8=O)nc7)CC6)CC5)CC4)n3)cc2)cc1C#N. The molecule has 0 saturated carbocycles. The maximum atomic E-state index is 12.7. The molecule has 4 aliphatic heterocycles. The highest BCUT2D eigenvalue weighted by molar-refractivity contribution is 6.32. The molecule has 4 aliphatic rings. The summed E-state index contributed by atoms with van der Waals surface area (Å²) >= 11 is 6.47. The second-order valence-corrected chi connectivity index (χ2v) is 18.6. The zero-order valence-electron chi connectivity index (χ0n) is 37.0. The number of ether oxygens (including phenoxy) is 2. The smallest absolute Gasteiger partial charge is 0.270 e. The van der Waals surface area contributed by atoms with E-state index in [4.69, 9.17) is 26.1 Å². The summed E-state index contributed by atoms with van der Waals surface area (Å²) in [5.41, 5.74) is 4.11. The number of piperidine rings is 4. The van der Waals surface area contributed by atoms with E-state index in [-0.39, 0.29) is 18.0 Å². The van der Waals surface area contributed by atoms with Gasteiger partial charge >= 0.3 is 0 Å². The molecular formula is C49H58ClN9O5. The highest BCUT2D eigenvalue weighted by Crippen LogP contribution is 2.39. The van der Waals surface area contributed by atoms with Crippen LogP contribution in [0.5, 0.6) is 11.5 Å². The first kappa shape index (κ1) is 44.8. The highest BCUT2D eigenvalue weighted by atomic mass is 35.5. The molecule has 6 heterocycles. The topological polar surface area (TPSA) is 166 Å². The fourth-order valence-electron chi connectivity index (χ4n) is 9.84. The number of amides is 3. The summed E-state index contributed by atoms with van der Waals surface area (Å²) in [6.07, 6.45) is 11.2. The van der Waals surface area contributed by atoms with Gasteiger partial charge in [-0.2, -0.15) is 5.26 Å². The van der Waals surface area contributed by atoms with Crippen molar-refractivity contribution in [3.8, 4) is 17.6 Å². The van der Waals surface area contributed by atoms with Crippen LogP contribution in [-0.2, 0) is 21.6 Å². The lowest BCUT2D eigenvalue weighted by molar-refractivity contribution is -0.134. The summed E-state index contributed by atoms with van der Waals surface area (Å²) in [6, 6.07) is 18.8. The molecule has 2 N–H and O–H groups in total. The molecule has 64 heavy (non-hydrogen) atoms. The molecule has 8 rings (SSSR count). The standard InChI is InChI=1S/C49H58ClN9O5/c1-49(2,37-26-35(28-51)45(63-3)41(50)27-37)36-4-7-40(8-5-36)64-31-38-12-19-52-48(54-38)59-22-13-32(14-23-59)30-57-20-15-33(16-21-57)34-17-24-58(25-18-34)39-6-9-42(53-29-39)46(61)55-43-10-11-44(60)56-47(43)62/h4-9,12,19,26-27,29,32-34,43H,10-11,13-18,20-25,30-31H2,1-3H3,(H,55,61)(H,56,60,62). The number of benzene rings is 2. The molecule has 15 heteroatoms. The Morgan fingerprint density at radius 3 is 2.25 bits per heavy atom. The molecular weight excluding hydrogens is 830 g/mol. The van der Waals surface area contributed by atoms with Crippen molar-refractivity contribution in [1.29, 1.82) is 5.26 Å². The zero-order chi connectivity index (χ0) is 44.8. The third-order valence-electron chi connectivity index (χ3n) is 13.9. The largest absolute Gasteiger partial charge is 0.494 e. The summed E-state index contributed by atoms with van der Waals surface area (Å²) in [4.78, 5) is 57.5. The van der Waals surface area contributed by atoms with E-state index in [2.05, 4.69) is 55.2 Å². The Balaban J connectivity index is 0.736. The van der Waals surface area contributed by atoms with Crippen LogP contribution in [0.15, 0.2) is 67.0 Å². The molecule has 2 aromatic heterocycles. The molecule has 336 valence electrons. The predicted molar refractivity (Wildman–Crippen MR) is 245 cm³/mol. The fraction of sp³-hybridized carbons (Fsp3) is 0.490. The van der Waals surface area contributed by atoms with Gasteiger partial charge in [0.1, 0.15) is 30.2 Å². The van der Waals surface area contributed by atoms with Gasteiger partial charge in [-0.25, -0.2) is 15.0 Å². The third-order valence-corrected chi connectivity index (χ3v) is 14.2. The van der Waals surface area contributed by atoms with Crippen LogP contribution in [0.4, 0.5) is 11.6 Å². The van der Waals surface area contributed by atoms with Crippen molar-refractivity contribution in [1.82, 2.24) is 30.5 Å². The number of nitrogens with zero attached hydrogens (tertiary/aromatic N) is 7. The van der Waals surface area contributed by atoms with Gasteiger partial charge in [-0.1, -0.05) is 37.6 Å². The number of nitriles is 1. The highest BCUT2D eigenvalue weighted by Gasteiger charge is 2.33. The van der Waals surface area contributed by atoms with Gasteiger partial charge in [-0.3, -0.25) is 19.7 Å². The molecule has 0 bridgehead atoms. The van der Waals surface area contributed by atoms with E-state index in [9.17, 15) is 19.6 Å². The van der Waals surface area contributed by atoms with Gasteiger partial charge in [-0.15, -0.1) is 0 Å². The monoisotopic (exact) mass is 887 g/mol. The number of likely N-dealkylation sites (tertiary alicyclic amines) is 1. The maximum Gasteiger partial charge on any atom is 0.270 e. The normalized spacial score (nSPS) is 19.5. The van der Waals surface area contributed by atoms with Crippen LogP contribution in [-0.4, -0.2) is 96.5 Å². The second kappa shape index (κ2) is 19.9. The molecule has 0 aliphatic carbocycles. The van der Waals surface area contributed by atoms with Gasteiger partial charge < -0.3 is 29.5 Å². The first-order valence-corrected chi connectivity index (χ1v) is 23.0. The first-order chi connectivity index (χ1) is 31.0. The first-order valence-electron chi connectivity index (χ1n) is 22.6. The lowest BCUT2D eigenvalue weighted by atomic mass is 9.77. The van der Waals surface area contributed by atoms with Crippen LogP contribution in [0.3, 0.4) is 0 Å². The average molecular weight is 889 g/mol. The number of pyridine rings is 1. The van der Waals surface area contributed by atoms with Gasteiger partial charge in [0.2, 0.25) is 17.8 Å². The van der Waals surface area contributed by atoms with Crippen molar-refractivity contribution in [3.05, 3.63) is 100 Å². The van der Waals surface area contributed by atoms with Crippen LogP contribution in [0.1, 0.15) is 98.1 Å². The van der Waals surface area contributed by atoms with E-state index in [1.165, 1.54) is 33.0 Å². The number of nitrogens with one attached hydrogen (secondary N) is 2. The average Bonchev–Trinajstić information content (AvgIpc) is 3.32. The Morgan fingerprint density at radius 1 is 0.891 bits per heavy atom. The van der Waals surface area contributed by atoms with Gasteiger partial charge in [-0.05, 0) is 129 Å². The summed E-state index contributed by atoms with van der Waals surface area (Å²) in [5, 5.41) is 15.0. The minimum absolute atomic E-state index is 0.211. The van der Waals surface area contributed by atoms with E-state index in [1.807, 2.05) is 54.7 Å². The van der Waals surface area contributed by atoms with E-state index in [1.54, 1.807) is 12.3 Å². The van der Waals surface area contributed by atoms with Gasteiger partial charge in [0, 0.05) is 50.8 Å². The Bertz CT molecular complexity index is 2330. The van der Waals surface area contributed by atoms with Crippen molar-refractivity contribution in [2.75, 3.05) is 62.7 Å². The molecule has 4 aromatic rings. The van der Waals surface area contributed by atoms with Gasteiger partial charge in [0.15, 0.2) is 5.75 Å². The quantitative estimate of drug-likeness (QED) is 0.137. The molecule has 0 spiro atoms. The van der Waals surface area contributed by atoms with Crippen LogP contribution in [0.25, 0.3) is 0 Å². The van der Waals surface area contributed by atoms with Crippen LogP contribution < -0.4 is 29.9 Å². The molecule has 1 atom stereocenters. The lowest BCUT2D eigenvalue weighted by Crippen LogP contribution is -2.52. The van der Waals surface area contributed by atoms with Crippen molar-refractivity contribution in [2.24, 2.45) is 17.8 Å². The Kier molecular flexibility index (Phi) is 14.0. The molecule has 4 fully saturated rings. The van der Waals surface area contributed by atoms with E-state index < -0.39 is 23.3 Å². The number of hydrogen-bond donors (Lipinski definition) is 2. The molecule has 2 aromatic carbocycles. The number of aromatic nitrogens is 3. The Hall–Kier alpha value is -5.78. The Morgan fingerprint density at radius 2 is 1.59 bits per heavy atom. The predicted octanol–water partition coefficient (Wildman–Crippen LogP) is 6.69. The van der Waals surface area contributed by atoms with Crippen molar-refractivity contribution >= 4 is 41.0 Å². The van der Waals surface area contributed by atoms with Crippen LogP contribution >= 0.6 is 11.6 Å². The van der Waals surface area contributed by atoms with Crippen molar-refractivity contribution in [2.45, 2.75) is 83.3 Å². The third kappa shape index (κ3) is 10.4. The van der Waals surface area contributed by atoms with Crippen LogP contribution in [0, 0.1) is 29.1 Å². The number of methoxy groups -OCH3 is 1. The van der Waals surface area contributed by atoms with Gasteiger partial charge in [0.25, 0.3) is 5.91 Å². The van der Waals surface area contributed by atoms with E-state index >= 15 is 0 Å². The number of carbonyl (C=O) groups is 3. The summed E-state index contributed by atoms with van der Waals surface area (Å²) < 4.78 is 11.5. The number of halogens is 1. The van der Waals surface area contributed by atoms with E-state index in [0.717, 1.165) is 104 Å². The van der Waals surface area contributed by atoms with Crippen molar-refractivity contribution < 1.29 is 23.9 Å². The number of imide groups is 1. The maximum absolute atomic E-state index is 12.7. The minimum Gasteiger partial charge on any atom is -0.494 e. The fourth-order valence-corrected chi connectivity index (χ4v) is 10.1.